The van der Waals surface area contributed by atoms with Gasteiger partial charge >= 0.3 is 0 Å². The molecule has 108 valence electrons. The molecule has 1 spiro atoms. The van der Waals surface area contributed by atoms with Crippen molar-refractivity contribution in [1.82, 2.24) is 0 Å². The molecule has 0 amide bonds. The number of nitrogens with one attached hydrogen (secondary N) is 1. The molecule has 20 heavy (non-hydrogen) atoms. The first-order chi connectivity index (χ1) is 9.62. The molecule has 1 saturated carbocycles. The lowest BCUT2D eigenvalue weighted by Crippen LogP contribution is -2.53. The Morgan fingerprint density at radius 2 is 2.25 bits per heavy atom. The summed E-state index contributed by atoms with van der Waals surface area (Å²) in [6, 6.07) is 5.03. The SMILES string of the molecule is NSc1ccc(NCC2CC3(COC3)C2)c([N+](=O)[O-])c1. The fourth-order valence-corrected chi connectivity index (χ4v) is 3.40. The maximum absolute atomic E-state index is 11.1. The van der Waals surface area contributed by atoms with Gasteiger partial charge < -0.3 is 10.1 Å². The number of hydrogen-bond donors (Lipinski definition) is 2. The van der Waals surface area contributed by atoms with E-state index in [0.29, 0.717) is 21.9 Å². The molecule has 1 heterocycles. The van der Waals surface area contributed by atoms with Crippen LogP contribution >= 0.6 is 11.9 Å². The number of nitrogens with two attached hydrogens (primary N) is 1. The average Bonchev–Trinajstić information content (AvgIpc) is 2.35. The van der Waals surface area contributed by atoms with Gasteiger partial charge in [-0.05, 0) is 42.8 Å². The number of hydrogen-bond acceptors (Lipinski definition) is 6. The third-order valence-corrected chi connectivity index (χ3v) is 4.67. The van der Waals surface area contributed by atoms with Crippen LogP contribution in [0.4, 0.5) is 11.4 Å². The highest BCUT2D eigenvalue weighted by Gasteiger charge is 2.49. The molecule has 0 radical (unpaired) electrons. The lowest BCUT2D eigenvalue weighted by Gasteiger charge is -2.53. The van der Waals surface area contributed by atoms with Crippen molar-refractivity contribution in [3.05, 3.63) is 28.3 Å². The van der Waals surface area contributed by atoms with Gasteiger partial charge in [0.05, 0.1) is 18.1 Å². The van der Waals surface area contributed by atoms with Crippen molar-refractivity contribution in [3.8, 4) is 0 Å². The summed E-state index contributed by atoms with van der Waals surface area (Å²) in [4.78, 5) is 11.4. The molecule has 1 aliphatic carbocycles. The third kappa shape index (κ3) is 2.48. The molecule has 3 rings (SSSR count). The summed E-state index contributed by atoms with van der Waals surface area (Å²) < 4.78 is 5.24. The molecule has 0 unspecified atom stereocenters. The van der Waals surface area contributed by atoms with Gasteiger partial charge in [0.1, 0.15) is 5.69 Å². The predicted molar refractivity (Wildman–Crippen MR) is 77.6 cm³/mol. The second kappa shape index (κ2) is 5.23. The van der Waals surface area contributed by atoms with Gasteiger partial charge in [-0.2, -0.15) is 0 Å². The van der Waals surface area contributed by atoms with Crippen LogP contribution in [0, 0.1) is 21.4 Å². The van der Waals surface area contributed by atoms with Gasteiger partial charge in [-0.3, -0.25) is 15.3 Å². The van der Waals surface area contributed by atoms with E-state index < -0.39 is 0 Å². The number of anilines is 1. The number of nitro groups is 1. The number of benzene rings is 1. The van der Waals surface area contributed by atoms with E-state index in [1.807, 2.05) is 0 Å². The fraction of sp³-hybridized carbons (Fsp3) is 0.538. The summed E-state index contributed by atoms with van der Waals surface area (Å²) in [6.07, 6.45) is 2.31. The van der Waals surface area contributed by atoms with Crippen molar-refractivity contribution in [2.75, 3.05) is 25.1 Å². The second-order valence-corrected chi connectivity index (χ2v) is 6.41. The third-order valence-electron chi connectivity index (χ3n) is 4.14. The second-order valence-electron chi connectivity index (χ2n) is 5.70. The highest BCUT2D eigenvalue weighted by molar-refractivity contribution is 7.97. The maximum Gasteiger partial charge on any atom is 0.293 e. The predicted octanol–water partition coefficient (Wildman–Crippen LogP) is 2.40. The molecule has 1 aromatic rings. The first-order valence-electron chi connectivity index (χ1n) is 6.59. The highest BCUT2D eigenvalue weighted by atomic mass is 32.2. The van der Waals surface area contributed by atoms with Gasteiger partial charge in [0.25, 0.3) is 5.69 Å². The topological polar surface area (TPSA) is 90.4 Å². The minimum Gasteiger partial charge on any atom is -0.380 e. The molecule has 3 N–H and O–H groups in total. The summed E-state index contributed by atoms with van der Waals surface area (Å²) in [5.74, 6) is 0.585. The Kier molecular flexibility index (Phi) is 3.57. The average molecular weight is 295 g/mol. The molecule has 2 fully saturated rings. The van der Waals surface area contributed by atoms with E-state index in [2.05, 4.69) is 5.32 Å². The molecule has 0 atom stereocenters. The number of rotatable bonds is 5. The monoisotopic (exact) mass is 295 g/mol. The van der Waals surface area contributed by atoms with E-state index in [4.69, 9.17) is 9.88 Å². The molecule has 0 aromatic heterocycles. The van der Waals surface area contributed by atoms with Crippen molar-refractivity contribution in [2.24, 2.45) is 16.5 Å². The Morgan fingerprint density at radius 1 is 1.50 bits per heavy atom. The van der Waals surface area contributed by atoms with Gasteiger partial charge in [0.2, 0.25) is 0 Å². The van der Waals surface area contributed by atoms with Crippen LogP contribution < -0.4 is 10.5 Å². The molecule has 1 aromatic carbocycles. The zero-order valence-electron chi connectivity index (χ0n) is 11.0. The van der Waals surface area contributed by atoms with E-state index in [1.54, 1.807) is 12.1 Å². The Morgan fingerprint density at radius 3 is 2.80 bits per heavy atom. The minimum absolute atomic E-state index is 0.0847. The summed E-state index contributed by atoms with van der Waals surface area (Å²) in [6.45, 7) is 2.54. The van der Waals surface area contributed by atoms with E-state index in [0.717, 1.165) is 44.5 Å². The molecule has 1 saturated heterocycles. The first-order valence-corrected chi connectivity index (χ1v) is 7.47. The van der Waals surface area contributed by atoms with Crippen LogP contribution in [0.25, 0.3) is 0 Å². The normalized spacial score (nSPS) is 20.2. The highest BCUT2D eigenvalue weighted by Crippen LogP contribution is 2.50. The summed E-state index contributed by atoms with van der Waals surface area (Å²) >= 11 is 1.01. The standard InChI is InChI=1S/C13H17N3O3S/c14-20-10-1-2-11(12(3-10)16(17)18)15-6-9-4-13(5-9)7-19-8-13/h1-3,9,15H,4-8,14H2. The van der Waals surface area contributed by atoms with E-state index >= 15 is 0 Å². The van der Waals surface area contributed by atoms with Crippen molar-refractivity contribution < 1.29 is 9.66 Å². The Hall–Kier alpha value is -1.31. The number of ether oxygens (including phenoxy) is 1. The van der Waals surface area contributed by atoms with Crippen molar-refractivity contribution >= 4 is 23.3 Å². The summed E-state index contributed by atoms with van der Waals surface area (Å²) in [7, 11) is 0. The molecule has 6 nitrogen and oxygen atoms in total. The number of nitro benzene ring substituents is 1. The molecule has 2 aliphatic rings. The molecule has 0 bridgehead atoms. The van der Waals surface area contributed by atoms with Gasteiger partial charge in [-0.25, -0.2) is 0 Å². The minimum atomic E-state index is -0.371. The summed E-state index contributed by atoms with van der Waals surface area (Å²) in [5.41, 5.74) is 1.08. The Bertz CT molecular complexity index is 526. The Labute approximate surface area is 121 Å². The van der Waals surface area contributed by atoms with Crippen molar-refractivity contribution in [3.63, 3.8) is 0 Å². The molecular formula is C13H17N3O3S. The van der Waals surface area contributed by atoms with Crippen LogP contribution in [-0.4, -0.2) is 24.7 Å². The van der Waals surface area contributed by atoms with Crippen LogP contribution in [0.15, 0.2) is 23.1 Å². The largest absolute Gasteiger partial charge is 0.380 e. The zero-order valence-corrected chi connectivity index (χ0v) is 11.8. The molecule has 1 aliphatic heterocycles. The van der Waals surface area contributed by atoms with E-state index in [1.165, 1.54) is 6.07 Å². The molecule has 7 heteroatoms. The fourth-order valence-electron chi connectivity index (χ4n) is 3.08. The first kappa shape index (κ1) is 13.7. The zero-order chi connectivity index (χ0) is 14.2. The van der Waals surface area contributed by atoms with Crippen LogP contribution in [-0.2, 0) is 4.74 Å². The van der Waals surface area contributed by atoms with Gasteiger partial charge in [-0.15, -0.1) is 0 Å². The maximum atomic E-state index is 11.1. The van der Waals surface area contributed by atoms with Crippen LogP contribution in [0.3, 0.4) is 0 Å². The van der Waals surface area contributed by atoms with Gasteiger partial charge in [-0.1, -0.05) is 0 Å². The van der Waals surface area contributed by atoms with Crippen molar-refractivity contribution in [1.29, 1.82) is 0 Å². The van der Waals surface area contributed by atoms with Crippen LogP contribution in [0.1, 0.15) is 12.8 Å². The lowest BCUT2D eigenvalue weighted by molar-refractivity contribution is -0.384. The quantitative estimate of drug-likeness (QED) is 0.492. The number of nitrogens with zero attached hydrogens (tertiary/aromatic N) is 1. The van der Waals surface area contributed by atoms with E-state index in [9.17, 15) is 10.1 Å². The van der Waals surface area contributed by atoms with Crippen LogP contribution in [0.2, 0.25) is 0 Å². The summed E-state index contributed by atoms with van der Waals surface area (Å²) in [5, 5.41) is 19.7. The van der Waals surface area contributed by atoms with E-state index in [-0.39, 0.29) is 10.6 Å². The van der Waals surface area contributed by atoms with Gasteiger partial charge in [0.15, 0.2) is 0 Å². The van der Waals surface area contributed by atoms with Crippen LogP contribution in [0.5, 0.6) is 0 Å². The molecular weight excluding hydrogens is 278 g/mol. The smallest absolute Gasteiger partial charge is 0.293 e. The lowest BCUT2D eigenvalue weighted by atomic mass is 9.61. The van der Waals surface area contributed by atoms with Gasteiger partial charge in [0, 0.05) is 22.9 Å². The Balaban J connectivity index is 1.60. The van der Waals surface area contributed by atoms with Crippen molar-refractivity contribution in [2.45, 2.75) is 17.7 Å².